The van der Waals surface area contributed by atoms with Crippen LogP contribution in [0, 0.1) is 17.8 Å². The lowest BCUT2D eigenvalue weighted by molar-refractivity contribution is -0.136. The number of aromatic nitrogens is 1. The van der Waals surface area contributed by atoms with Crippen LogP contribution in [0.25, 0.3) is 10.9 Å². The number of rotatable bonds is 24. The number of H-pyrrole nitrogens is 1. The number of carbonyl (C=O) groups excluding carboxylic acids is 9. The molecule has 8 atom stereocenters. The van der Waals surface area contributed by atoms with E-state index < -0.39 is 102 Å². The molecule has 0 radical (unpaired) electrons. The predicted molar refractivity (Wildman–Crippen MR) is 295 cm³/mol. The van der Waals surface area contributed by atoms with Crippen molar-refractivity contribution in [2.24, 2.45) is 40.7 Å². The number of aromatic amines is 1. The van der Waals surface area contributed by atoms with Crippen LogP contribution in [0.3, 0.4) is 0 Å². The van der Waals surface area contributed by atoms with Crippen LogP contribution in [0.4, 0.5) is 0 Å². The Morgan fingerprint density at radius 2 is 1.21 bits per heavy atom. The first-order valence-corrected chi connectivity index (χ1v) is 27.6. The molecule has 1 fully saturated rings. The molecule has 2 aromatic carbocycles. The van der Waals surface area contributed by atoms with E-state index in [0.717, 1.165) is 36.6 Å². The number of benzene rings is 2. The van der Waals surface area contributed by atoms with Gasteiger partial charge < -0.3 is 65.1 Å². The van der Waals surface area contributed by atoms with Gasteiger partial charge in [-0.3, -0.25) is 43.2 Å². The number of unbranched alkanes of at least 4 members (excludes halogenated alkanes) is 4. The molecule has 0 aliphatic carbocycles. The summed E-state index contributed by atoms with van der Waals surface area (Å²) in [6.07, 6.45) is 6.11. The van der Waals surface area contributed by atoms with Gasteiger partial charge in [0.1, 0.15) is 36.0 Å². The fourth-order valence-corrected chi connectivity index (χ4v) is 9.55. The zero-order valence-corrected chi connectivity index (χ0v) is 45.3. The first-order valence-electron chi connectivity index (χ1n) is 27.6. The fraction of sp³-hybridized carbons (Fsp3) is 0.589. The van der Waals surface area contributed by atoms with Crippen molar-refractivity contribution in [1.82, 2.24) is 42.2 Å². The number of hydrogen-bond acceptors (Lipinski definition) is 13. The number of ketones is 2. The normalized spacial score (nSPS) is 22.3. The minimum Gasteiger partial charge on any atom is -0.361 e. The summed E-state index contributed by atoms with van der Waals surface area (Å²) in [5, 5.41) is 20.3. The molecule has 1 aliphatic rings. The van der Waals surface area contributed by atoms with E-state index in [1.807, 2.05) is 38.1 Å². The van der Waals surface area contributed by atoms with E-state index in [1.54, 1.807) is 36.5 Å². The Bertz CT molecular complexity index is 2400. The first-order chi connectivity index (χ1) is 37.0. The molecule has 0 saturated carbocycles. The minimum atomic E-state index is -1.30. The van der Waals surface area contributed by atoms with Crippen LogP contribution in [-0.4, -0.2) is 127 Å². The Hall–Kier alpha value is -6.55. The Balaban J connectivity index is 1.79. The van der Waals surface area contributed by atoms with Gasteiger partial charge in [0.2, 0.25) is 41.4 Å². The van der Waals surface area contributed by atoms with Crippen molar-refractivity contribution in [3.63, 3.8) is 0 Å². The van der Waals surface area contributed by atoms with E-state index in [1.165, 1.54) is 0 Å². The number of para-hydroxylation sites is 1. The largest absolute Gasteiger partial charge is 0.361 e. The summed E-state index contributed by atoms with van der Waals surface area (Å²) in [5.41, 5.74) is 26.1. The van der Waals surface area contributed by atoms with Crippen LogP contribution in [0.15, 0.2) is 60.8 Å². The molecular formula is C56H86N12O9. The fourth-order valence-electron chi connectivity index (χ4n) is 9.55. The van der Waals surface area contributed by atoms with E-state index in [0.29, 0.717) is 24.0 Å². The summed E-state index contributed by atoms with van der Waals surface area (Å²) < 4.78 is 0. The maximum absolute atomic E-state index is 14.7. The summed E-state index contributed by atoms with van der Waals surface area (Å²) in [7, 11) is 0. The molecule has 1 aromatic heterocycles. The Morgan fingerprint density at radius 3 is 1.84 bits per heavy atom. The van der Waals surface area contributed by atoms with Gasteiger partial charge in [0, 0.05) is 67.6 Å². The van der Waals surface area contributed by atoms with Gasteiger partial charge in [0.25, 0.3) is 0 Å². The van der Waals surface area contributed by atoms with Crippen molar-refractivity contribution in [3.8, 4) is 0 Å². The Morgan fingerprint density at radius 1 is 0.636 bits per heavy atom. The van der Waals surface area contributed by atoms with Crippen molar-refractivity contribution in [2.45, 2.75) is 160 Å². The van der Waals surface area contributed by atoms with Crippen molar-refractivity contribution < 1.29 is 43.2 Å². The van der Waals surface area contributed by atoms with Crippen LogP contribution < -0.4 is 60.2 Å². The number of Topliss-reactive ketones (excluding diaryl/α,β-unsaturated/α-hetero) is 2. The molecule has 1 saturated heterocycles. The highest BCUT2D eigenvalue weighted by atomic mass is 16.2. The maximum Gasteiger partial charge on any atom is 0.243 e. The Labute approximate surface area is 452 Å². The smallest absolute Gasteiger partial charge is 0.243 e. The van der Waals surface area contributed by atoms with Gasteiger partial charge >= 0.3 is 0 Å². The molecule has 21 nitrogen and oxygen atoms in total. The highest BCUT2D eigenvalue weighted by Crippen LogP contribution is 2.21. The summed E-state index contributed by atoms with van der Waals surface area (Å²) in [4.78, 5) is 131. The molecule has 7 amide bonds. The zero-order chi connectivity index (χ0) is 56.3. The van der Waals surface area contributed by atoms with Gasteiger partial charge in [-0.15, -0.1) is 0 Å². The highest BCUT2D eigenvalue weighted by Gasteiger charge is 2.36. The lowest BCUT2D eigenvalue weighted by Gasteiger charge is -2.28. The lowest BCUT2D eigenvalue weighted by atomic mass is 9.91. The van der Waals surface area contributed by atoms with Crippen LogP contribution >= 0.6 is 0 Å². The molecule has 4 rings (SSSR count). The molecule has 0 spiro atoms. The summed E-state index contributed by atoms with van der Waals surface area (Å²) in [5.74, 6) is -7.70. The topological polar surface area (TPSA) is 358 Å². The number of nitrogens with two attached hydrogens (primary N) is 4. The van der Waals surface area contributed by atoms with Crippen molar-refractivity contribution in [1.29, 1.82) is 0 Å². The second-order valence-electron chi connectivity index (χ2n) is 20.6. The van der Waals surface area contributed by atoms with Crippen LogP contribution in [0.5, 0.6) is 0 Å². The quantitative estimate of drug-likeness (QED) is 0.0565. The minimum absolute atomic E-state index is 0.000545. The summed E-state index contributed by atoms with van der Waals surface area (Å²) in [6, 6.07) is 8.68. The Kier molecular flexibility index (Phi) is 27.5. The number of amides is 7. The molecule has 1 aliphatic heterocycles. The SMILES string of the molecule is CCCCCCCC(=O)C[C@H](CCN)C(=O)N[C@H]1CCNC(=O)[C@H](Cc2c[nH]c3ccccc23)NC(=O)[C@H](CCN)NC(=O)[C@H](CCN)NC(=O)[C@H](CC(C)C)NC(=O)[C@@H](Cc2ccccc2)NC(=O)[C@H](CCN)CC1=O. The summed E-state index contributed by atoms with van der Waals surface area (Å²) >= 11 is 0. The molecule has 77 heavy (non-hydrogen) atoms. The third kappa shape index (κ3) is 21.1. The average molecular weight is 1070 g/mol. The van der Waals surface area contributed by atoms with Crippen LogP contribution in [0.2, 0.25) is 0 Å². The third-order valence-electron chi connectivity index (χ3n) is 13.9. The average Bonchev–Trinajstić information content (AvgIpc) is 3.81. The van der Waals surface area contributed by atoms with Crippen LogP contribution in [0.1, 0.15) is 122 Å². The van der Waals surface area contributed by atoms with Gasteiger partial charge in [-0.05, 0) is 94.2 Å². The molecule has 21 heteroatoms. The highest BCUT2D eigenvalue weighted by molar-refractivity contribution is 5.98. The molecular weight excluding hydrogens is 985 g/mol. The number of hydrogen-bond donors (Lipinski definition) is 12. The molecule has 16 N–H and O–H groups in total. The zero-order valence-electron chi connectivity index (χ0n) is 45.3. The van der Waals surface area contributed by atoms with Gasteiger partial charge in [0.05, 0.1) is 6.04 Å². The van der Waals surface area contributed by atoms with Gasteiger partial charge in [-0.25, -0.2) is 0 Å². The molecule has 3 aromatic rings. The number of carbonyl (C=O) groups is 9. The monoisotopic (exact) mass is 1070 g/mol. The number of fused-ring (bicyclic) bond motifs is 1. The third-order valence-corrected chi connectivity index (χ3v) is 13.9. The molecule has 0 bridgehead atoms. The van der Waals surface area contributed by atoms with Gasteiger partial charge in [-0.2, -0.15) is 0 Å². The van der Waals surface area contributed by atoms with Crippen LogP contribution in [-0.2, 0) is 56.0 Å². The predicted octanol–water partition coefficient (Wildman–Crippen LogP) is 1.33. The molecule has 424 valence electrons. The van der Waals surface area contributed by atoms with Gasteiger partial charge in [-0.1, -0.05) is 95.0 Å². The van der Waals surface area contributed by atoms with E-state index in [2.05, 4.69) is 49.1 Å². The standard InChI is InChI=1S/C56H86N12O9/c1-4-5-6-7-11-16-40(69)31-37(19-24-57)50(71)63-43-23-28-61-52(73)48(32-39-34-62-42-18-13-12-17-41(39)42)68-54(75)45(22-27-60)64-53(74)44(21-26-59)65-55(76)46(29-35(2)3)67-56(77)47(30-36-14-9-8-10-15-36)66-51(72)38(20-25-58)33-49(43)70/h8-10,12-15,17-18,34-35,37-38,43-48,62H,4-7,11,16,19-33,57-60H2,1-3H3,(H,61,73)(H,63,71)(H,64,74)(H,65,76)(H,66,72)(H,67,77)(H,68,75)/t37-,38+,43-,44-,45-,46-,47+,48-/m0/s1. The van der Waals surface area contributed by atoms with Crippen molar-refractivity contribution >= 4 is 63.8 Å². The molecule has 0 unspecified atom stereocenters. The molecule has 2 heterocycles. The van der Waals surface area contributed by atoms with Crippen molar-refractivity contribution in [3.05, 3.63) is 71.9 Å². The van der Waals surface area contributed by atoms with E-state index in [4.69, 9.17) is 22.9 Å². The van der Waals surface area contributed by atoms with Crippen molar-refractivity contribution in [2.75, 3.05) is 32.7 Å². The second kappa shape index (κ2) is 33.6. The number of nitrogens with one attached hydrogen (secondary N) is 8. The first kappa shape index (κ1) is 63.0. The van der Waals surface area contributed by atoms with E-state index >= 15 is 0 Å². The maximum atomic E-state index is 14.7. The van der Waals surface area contributed by atoms with E-state index in [9.17, 15) is 43.2 Å². The lowest BCUT2D eigenvalue weighted by Crippen LogP contribution is -2.60. The summed E-state index contributed by atoms with van der Waals surface area (Å²) in [6.45, 7) is 5.54. The van der Waals surface area contributed by atoms with E-state index in [-0.39, 0.29) is 102 Å². The second-order valence-corrected chi connectivity index (χ2v) is 20.6. The van der Waals surface area contributed by atoms with Gasteiger partial charge in [0.15, 0.2) is 5.78 Å².